The van der Waals surface area contributed by atoms with Crippen LogP contribution in [0.4, 0.5) is 0 Å². The Morgan fingerprint density at radius 3 is 2.88 bits per heavy atom. The van der Waals surface area contributed by atoms with E-state index < -0.39 is 5.91 Å². The summed E-state index contributed by atoms with van der Waals surface area (Å²) in [5.41, 5.74) is 5.67. The van der Waals surface area contributed by atoms with Gasteiger partial charge in [0.05, 0.1) is 16.7 Å². The van der Waals surface area contributed by atoms with Crippen molar-refractivity contribution in [2.75, 3.05) is 0 Å². The Labute approximate surface area is 148 Å². The number of hydrogen-bond acceptors (Lipinski definition) is 5. The summed E-state index contributed by atoms with van der Waals surface area (Å²) in [5.74, 6) is 0.366. The number of aryl methyl sites for hydroxylation is 1. The lowest BCUT2D eigenvalue weighted by atomic mass is 10.2. The molecule has 2 aromatic heterocycles. The minimum absolute atomic E-state index is 0.185. The third-order valence-electron chi connectivity index (χ3n) is 3.73. The van der Waals surface area contributed by atoms with E-state index in [1.54, 1.807) is 24.4 Å². The summed E-state index contributed by atoms with van der Waals surface area (Å²) in [6.45, 7) is 2.79. The van der Waals surface area contributed by atoms with Gasteiger partial charge in [-0.2, -0.15) is 0 Å². The summed E-state index contributed by atoms with van der Waals surface area (Å²) in [6.07, 6.45) is 4.68. The standard InChI is InChI=1S/C17H19N5O2S/c1-2-8-21-9-7-19-17(21)25-11-15-20-13-6-4-3-5-12(13)16(24)22(15)10-14(18)23/h3-7,9H,2,8,10-11H2,1H3,(H2,18,23). The molecule has 7 nitrogen and oxygen atoms in total. The number of carbonyl (C=O) groups is 1. The lowest BCUT2D eigenvalue weighted by molar-refractivity contribution is -0.118. The van der Waals surface area contributed by atoms with E-state index in [2.05, 4.69) is 21.5 Å². The molecule has 2 N–H and O–H groups in total. The number of nitrogens with zero attached hydrogens (tertiary/aromatic N) is 4. The van der Waals surface area contributed by atoms with Crippen LogP contribution < -0.4 is 11.3 Å². The Hall–Kier alpha value is -2.61. The average molecular weight is 357 g/mol. The molecule has 0 spiro atoms. The van der Waals surface area contributed by atoms with Gasteiger partial charge in [0, 0.05) is 18.9 Å². The number of benzene rings is 1. The monoisotopic (exact) mass is 357 g/mol. The van der Waals surface area contributed by atoms with E-state index in [4.69, 9.17) is 5.73 Å². The number of aromatic nitrogens is 4. The molecule has 0 fully saturated rings. The van der Waals surface area contributed by atoms with E-state index in [0.717, 1.165) is 18.1 Å². The van der Waals surface area contributed by atoms with Gasteiger partial charge in [-0.25, -0.2) is 9.97 Å². The highest BCUT2D eigenvalue weighted by Gasteiger charge is 2.14. The molecule has 0 unspecified atom stereocenters. The number of primary amides is 1. The number of thioether (sulfide) groups is 1. The molecule has 0 aliphatic rings. The predicted molar refractivity (Wildman–Crippen MR) is 97.3 cm³/mol. The van der Waals surface area contributed by atoms with Gasteiger partial charge in [0.25, 0.3) is 5.56 Å². The molecule has 0 saturated carbocycles. The zero-order valence-electron chi connectivity index (χ0n) is 13.9. The van der Waals surface area contributed by atoms with Gasteiger partial charge in [-0.15, -0.1) is 0 Å². The molecule has 130 valence electrons. The van der Waals surface area contributed by atoms with Gasteiger partial charge in [0.1, 0.15) is 12.4 Å². The summed E-state index contributed by atoms with van der Waals surface area (Å²) >= 11 is 1.48. The van der Waals surface area contributed by atoms with Crippen molar-refractivity contribution in [1.82, 2.24) is 19.1 Å². The summed E-state index contributed by atoms with van der Waals surface area (Å²) in [7, 11) is 0. The van der Waals surface area contributed by atoms with Crippen LogP contribution in [-0.4, -0.2) is 25.0 Å². The number of carbonyl (C=O) groups excluding carboxylic acids is 1. The van der Waals surface area contributed by atoms with E-state index in [-0.39, 0.29) is 12.1 Å². The Balaban J connectivity index is 1.97. The molecular formula is C17H19N5O2S. The van der Waals surface area contributed by atoms with Crippen LogP contribution in [0.3, 0.4) is 0 Å². The Bertz CT molecular complexity index is 963. The summed E-state index contributed by atoms with van der Waals surface area (Å²) in [4.78, 5) is 33.0. The predicted octanol–water partition coefficient (Wildman–Crippen LogP) is 1.78. The van der Waals surface area contributed by atoms with E-state index >= 15 is 0 Å². The second-order valence-corrected chi connectivity index (χ2v) is 6.54. The summed E-state index contributed by atoms with van der Waals surface area (Å²) in [5, 5.41) is 1.33. The van der Waals surface area contributed by atoms with Crippen molar-refractivity contribution in [2.24, 2.45) is 5.73 Å². The maximum atomic E-state index is 12.7. The van der Waals surface area contributed by atoms with Crippen molar-refractivity contribution in [3.63, 3.8) is 0 Å². The molecule has 0 saturated heterocycles. The average Bonchev–Trinajstić information content (AvgIpc) is 3.03. The van der Waals surface area contributed by atoms with Gasteiger partial charge in [-0.1, -0.05) is 30.8 Å². The number of nitrogens with two attached hydrogens (primary N) is 1. The third kappa shape index (κ3) is 3.74. The van der Waals surface area contributed by atoms with Gasteiger partial charge in [-0.3, -0.25) is 14.2 Å². The van der Waals surface area contributed by atoms with Crippen molar-refractivity contribution in [3.8, 4) is 0 Å². The molecular weight excluding hydrogens is 338 g/mol. The fourth-order valence-corrected chi connectivity index (χ4v) is 3.55. The normalized spacial score (nSPS) is 11.1. The lowest BCUT2D eigenvalue weighted by Gasteiger charge is -2.12. The maximum absolute atomic E-state index is 12.7. The smallest absolute Gasteiger partial charge is 0.261 e. The molecule has 0 aliphatic carbocycles. The molecule has 3 aromatic rings. The van der Waals surface area contributed by atoms with Crippen LogP contribution in [0.25, 0.3) is 10.9 Å². The number of para-hydroxylation sites is 1. The number of fused-ring (bicyclic) bond motifs is 1. The van der Waals surface area contributed by atoms with Crippen molar-refractivity contribution in [1.29, 1.82) is 0 Å². The van der Waals surface area contributed by atoms with E-state index in [0.29, 0.717) is 22.5 Å². The molecule has 0 aliphatic heterocycles. The summed E-state index contributed by atoms with van der Waals surface area (Å²) in [6, 6.07) is 7.10. The first-order valence-corrected chi connectivity index (χ1v) is 8.99. The molecule has 0 bridgehead atoms. The van der Waals surface area contributed by atoms with Crippen LogP contribution >= 0.6 is 11.8 Å². The zero-order valence-corrected chi connectivity index (χ0v) is 14.7. The topological polar surface area (TPSA) is 95.8 Å². The van der Waals surface area contributed by atoms with Crippen molar-refractivity contribution < 1.29 is 4.79 Å². The Kier molecular flexibility index (Phi) is 5.18. The molecule has 0 atom stereocenters. The van der Waals surface area contributed by atoms with Crippen LogP contribution in [0.15, 0.2) is 46.6 Å². The molecule has 8 heteroatoms. The molecule has 2 heterocycles. The molecule has 0 radical (unpaired) electrons. The minimum Gasteiger partial charge on any atom is -0.368 e. The highest BCUT2D eigenvalue weighted by Crippen LogP contribution is 2.21. The maximum Gasteiger partial charge on any atom is 0.261 e. The first-order chi connectivity index (χ1) is 12.1. The quantitative estimate of drug-likeness (QED) is 0.650. The van der Waals surface area contributed by atoms with Crippen LogP contribution in [0.1, 0.15) is 19.2 Å². The third-order valence-corrected chi connectivity index (χ3v) is 4.73. The molecule has 3 rings (SSSR count). The molecule has 1 aromatic carbocycles. The molecule has 1 amide bonds. The highest BCUT2D eigenvalue weighted by atomic mass is 32.2. The SMILES string of the molecule is CCCn1ccnc1SCc1nc2ccccc2c(=O)n1CC(N)=O. The van der Waals surface area contributed by atoms with E-state index in [1.165, 1.54) is 16.3 Å². The Morgan fingerprint density at radius 2 is 2.12 bits per heavy atom. The first-order valence-electron chi connectivity index (χ1n) is 8.01. The summed E-state index contributed by atoms with van der Waals surface area (Å²) < 4.78 is 3.41. The number of hydrogen-bond donors (Lipinski definition) is 1. The zero-order chi connectivity index (χ0) is 17.8. The largest absolute Gasteiger partial charge is 0.368 e. The first kappa shape index (κ1) is 17.2. The van der Waals surface area contributed by atoms with Crippen LogP contribution in [0.5, 0.6) is 0 Å². The van der Waals surface area contributed by atoms with Gasteiger partial charge in [0.15, 0.2) is 5.16 Å². The van der Waals surface area contributed by atoms with Gasteiger partial charge in [0.2, 0.25) is 5.91 Å². The van der Waals surface area contributed by atoms with Gasteiger partial charge >= 0.3 is 0 Å². The fraction of sp³-hybridized carbons (Fsp3) is 0.294. The fourth-order valence-electron chi connectivity index (χ4n) is 2.62. The van der Waals surface area contributed by atoms with Crippen molar-refractivity contribution >= 4 is 28.6 Å². The highest BCUT2D eigenvalue weighted by molar-refractivity contribution is 7.98. The van der Waals surface area contributed by atoms with Gasteiger partial charge in [-0.05, 0) is 18.6 Å². The van der Waals surface area contributed by atoms with Crippen LogP contribution in [-0.2, 0) is 23.6 Å². The van der Waals surface area contributed by atoms with E-state index in [9.17, 15) is 9.59 Å². The van der Waals surface area contributed by atoms with E-state index in [1.807, 2.05) is 12.3 Å². The number of rotatable bonds is 7. The van der Waals surface area contributed by atoms with Crippen LogP contribution in [0.2, 0.25) is 0 Å². The lowest BCUT2D eigenvalue weighted by Crippen LogP contribution is -2.31. The van der Waals surface area contributed by atoms with Gasteiger partial charge < -0.3 is 10.3 Å². The second-order valence-electron chi connectivity index (χ2n) is 5.59. The Morgan fingerprint density at radius 1 is 1.32 bits per heavy atom. The number of imidazole rings is 1. The number of amides is 1. The minimum atomic E-state index is -0.571. The molecule has 25 heavy (non-hydrogen) atoms. The van der Waals surface area contributed by atoms with Crippen LogP contribution in [0, 0.1) is 0 Å². The van der Waals surface area contributed by atoms with Crippen molar-refractivity contribution in [3.05, 3.63) is 52.8 Å². The second kappa shape index (κ2) is 7.52. The van der Waals surface area contributed by atoms with Crippen molar-refractivity contribution in [2.45, 2.75) is 37.3 Å².